The summed E-state index contributed by atoms with van der Waals surface area (Å²) in [5.41, 5.74) is 1.61. The number of nitrogens with one attached hydrogen (secondary N) is 1. The number of carbonyl (C=O) groups excluding carboxylic acids is 2. The van der Waals surface area contributed by atoms with Crippen LogP contribution >= 0.6 is 0 Å². The average Bonchev–Trinajstić information content (AvgIpc) is 2.87. The molecule has 0 aliphatic heterocycles. The molecular formula is C14H19N5O3. The molecule has 0 aliphatic carbocycles. The topological polar surface area (TPSA) is 98.5 Å². The summed E-state index contributed by atoms with van der Waals surface area (Å²) in [5.74, 6) is -0.836. The van der Waals surface area contributed by atoms with Crippen LogP contribution in [-0.2, 0) is 9.53 Å². The molecule has 2 aromatic rings. The molecule has 118 valence electrons. The highest BCUT2D eigenvalue weighted by atomic mass is 16.5. The second-order valence-corrected chi connectivity index (χ2v) is 5.40. The first-order valence-corrected chi connectivity index (χ1v) is 6.93. The fourth-order valence-electron chi connectivity index (χ4n) is 2.09. The van der Waals surface area contributed by atoms with E-state index in [4.69, 9.17) is 4.74 Å². The predicted octanol–water partition coefficient (Wildman–Crippen LogP) is 0.669. The molecule has 8 heteroatoms. The summed E-state index contributed by atoms with van der Waals surface area (Å²) in [4.78, 5) is 32.3. The Kier molecular flexibility index (Phi) is 4.39. The number of fused-ring (bicyclic) bond motifs is 1. The van der Waals surface area contributed by atoms with Crippen molar-refractivity contribution in [1.82, 2.24) is 24.9 Å². The molecule has 0 saturated carbocycles. The molecular weight excluding hydrogens is 286 g/mol. The summed E-state index contributed by atoms with van der Waals surface area (Å²) >= 11 is 0. The van der Waals surface area contributed by atoms with Gasteiger partial charge in [0.1, 0.15) is 6.04 Å². The number of esters is 1. The van der Waals surface area contributed by atoms with Crippen LogP contribution in [0.2, 0.25) is 0 Å². The number of hydrogen-bond acceptors (Lipinski definition) is 6. The fraction of sp³-hybridized carbons (Fsp3) is 0.500. The van der Waals surface area contributed by atoms with E-state index in [0.717, 1.165) is 11.4 Å². The van der Waals surface area contributed by atoms with E-state index in [1.807, 2.05) is 33.8 Å². The molecule has 2 rings (SSSR count). The van der Waals surface area contributed by atoms with Gasteiger partial charge >= 0.3 is 5.97 Å². The molecule has 0 bridgehead atoms. The first-order chi connectivity index (χ1) is 10.3. The molecule has 1 amide bonds. The van der Waals surface area contributed by atoms with Crippen LogP contribution in [0.4, 0.5) is 0 Å². The highest BCUT2D eigenvalue weighted by Crippen LogP contribution is 2.07. The van der Waals surface area contributed by atoms with Gasteiger partial charge in [-0.25, -0.2) is 14.3 Å². The van der Waals surface area contributed by atoms with Gasteiger partial charge in [0.2, 0.25) is 5.82 Å². The Morgan fingerprint density at radius 3 is 2.55 bits per heavy atom. The van der Waals surface area contributed by atoms with Gasteiger partial charge in [-0.05, 0) is 25.8 Å². The molecule has 2 heterocycles. The summed E-state index contributed by atoms with van der Waals surface area (Å²) in [6.45, 7) is 7.32. The third-order valence-corrected chi connectivity index (χ3v) is 3.23. The summed E-state index contributed by atoms with van der Waals surface area (Å²) in [6, 6.07) is 1.09. The minimum atomic E-state index is -0.750. The van der Waals surface area contributed by atoms with E-state index >= 15 is 0 Å². The minimum Gasteiger partial charge on any atom is -0.467 e. The quantitative estimate of drug-likeness (QED) is 0.834. The van der Waals surface area contributed by atoms with E-state index in [0.29, 0.717) is 5.78 Å². The lowest BCUT2D eigenvalue weighted by molar-refractivity contribution is -0.144. The van der Waals surface area contributed by atoms with Gasteiger partial charge in [0.05, 0.1) is 7.11 Å². The van der Waals surface area contributed by atoms with Crippen LogP contribution in [-0.4, -0.2) is 44.6 Å². The first-order valence-electron chi connectivity index (χ1n) is 6.93. The van der Waals surface area contributed by atoms with Gasteiger partial charge in [-0.15, -0.1) is 5.10 Å². The van der Waals surface area contributed by atoms with Gasteiger partial charge < -0.3 is 10.1 Å². The number of aromatic nitrogens is 4. The number of aryl methyl sites for hydroxylation is 2. The SMILES string of the molecule is COC(=O)C(NC(=O)c1nc2nc(C)cc(C)n2n1)C(C)C. The lowest BCUT2D eigenvalue weighted by Crippen LogP contribution is -2.45. The van der Waals surface area contributed by atoms with Crippen molar-refractivity contribution in [3.8, 4) is 0 Å². The Hall–Kier alpha value is -2.51. The van der Waals surface area contributed by atoms with Crippen molar-refractivity contribution < 1.29 is 14.3 Å². The van der Waals surface area contributed by atoms with E-state index in [9.17, 15) is 9.59 Å². The smallest absolute Gasteiger partial charge is 0.328 e. The third-order valence-electron chi connectivity index (χ3n) is 3.23. The van der Waals surface area contributed by atoms with Crippen molar-refractivity contribution >= 4 is 17.7 Å². The summed E-state index contributed by atoms with van der Waals surface area (Å²) in [6.07, 6.45) is 0. The Bertz CT molecular complexity index is 723. The van der Waals surface area contributed by atoms with E-state index in [1.54, 1.807) is 0 Å². The maximum Gasteiger partial charge on any atom is 0.328 e. The second-order valence-electron chi connectivity index (χ2n) is 5.40. The van der Waals surface area contributed by atoms with Crippen LogP contribution in [0.5, 0.6) is 0 Å². The fourth-order valence-corrected chi connectivity index (χ4v) is 2.09. The van der Waals surface area contributed by atoms with Gasteiger partial charge in [-0.1, -0.05) is 13.8 Å². The van der Waals surface area contributed by atoms with E-state index in [-0.39, 0.29) is 11.7 Å². The van der Waals surface area contributed by atoms with Gasteiger partial charge in [-0.3, -0.25) is 4.79 Å². The summed E-state index contributed by atoms with van der Waals surface area (Å²) in [5, 5.41) is 6.73. The van der Waals surface area contributed by atoms with Crippen LogP contribution in [0, 0.1) is 19.8 Å². The molecule has 1 N–H and O–H groups in total. The van der Waals surface area contributed by atoms with Crippen molar-refractivity contribution in [2.75, 3.05) is 7.11 Å². The minimum absolute atomic E-state index is 0.0317. The van der Waals surface area contributed by atoms with Crippen LogP contribution in [0.3, 0.4) is 0 Å². The maximum absolute atomic E-state index is 12.3. The lowest BCUT2D eigenvalue weighted by atomic mass is 10.0. The molecule has 0 fully saturated rings. The van der Waals surface area contributed by atoms with Crippen molar-refractivity contribution in [1.29, 1.82) is 0 Å². The van der Waals surface area contributed by atoms with Crippen LogP contribution in [0.1, 0.15) is 35.9 Å². The van der Waals surface area contributed by atoms with Gasteiger partial charge in [0.25, 0.3) is 11.7 Å². The summed E-state index contributed by atoms with van der Waals surface area (Å²) < 4.78 is 6.18. The second kappa shape index (κ2) is 6.08. The number of amides is 1. The van der Waals surface area contributed by atoms with Crippen molar-refractivity contribution in [3.05, 3.63) is 23.3 Å². The van der Waals surface area contributed by atoms with Crippen LogP contribution in [0.25, 0.3) is 5.78 Å². The number of hydrogen-bond donors (Lipinski definition) is 1. The monoisotopic (exact) mass is 305 g/mol. The van der Waals surface area contributed by atoms with Crippen molar-refractivity contribution in [2.24, 2.45) is 5.92 Å². The largest absolute Gasteiger partial charge is 0.467 e. The molecule has 0 aliphatic rings. The van der Waals surface area contributed by atoms with Gasteiger partial charge in [0.15, 0.2) is 0 Å². The van der Waals surface area contributed by atoms with Gasteiger partial charge in [0, 0.05) is 11.4 Å². The number of methoxy groups -OCH3 is 1. The number of rotatable bonds is 4. The molecule has 0 saturated heterocycles. The Morgan fingerprint density at radius 2 is 1.95 bits per heavy atom. The van der Waals surface area contributed by atoms with E-state index < -0.39 is 17.9 Å². The molecule has 8 nitrogen and oxygen atoms in total. The first kappa shape index (κ1) is 15.9. The molecule has 1 atom stereocenters. The Labute approximate surface area is 127 Å². The van der Waals surface area contributed by atoms with Crippen LogP contribution in [0.15, 0.2) is 6.07 Å². The average molecular weight is 305 g/mol. The van der Waals surface area contributed by atoms with Crippen molar-refractivity contribution in [2.45, 2.75) is 33.7 Å². The standard InChI is InChI=1S/C14H19N5O3/c1-7(2)10(13(21)22-5)16-12(20)11-17-14-15-8(3)6-9(4)19(14)18-11/h6-7,10H,1-5H3,(H,16,20). The van der Waals surface area contributed by atoms with Crippen molar-refractivity contribution in [3.63, 3.8) is 0 Å². The lowest BCUT2D eigenvalue weighted by Gasteiger charge is -2.18. The number of carbonyl (C=O) groups is 2. The Morgan fingerprint density at radius 1 is 1.27 bits per heavy atom. The third kappa shape index (κ3) is 3.05. The zero-order valence-electron chi connectivity index (χ0n) is 13.2. The zero-order chi connectivity index (χ0) is 16.4. The normalized spacial score (nSPS) is 12.5. The molecule has 2 aromatic heterocycles. The number of ether oxygens (including phenoxy) is 1. The molecule has 0 radical (unpaired) electrons. The van der Waals surface area contributed by atoms with Crippen LogP contribution < -0.4 is 5.32 Å². The van der Waals surface area contributed by atoms with E-state index in [2.05, 4.69) is 20.4 Å². The predicted molar refractivity (Wildman–Crippen MR) is 78.4 cm³/mol. The van der Waals surface area contributed by atoms with Gasteiger partial charge in [-0.2, -0.15) is 4.98 Å². The molecule has 0 aromatic carbocycles. The zero-order valence-corrected chi connectivity index (χ0v) is 13.2. The van der Waals surface area contributed by atoms with E-state index in [1.165, 1.54) is 11.6 Å². The molecule has 22 heavy (non-hydrogen) atoms. The Balaban J connectivity index is 2.29. The molecule has 1 unspecified atom stereocenters. The molecule has 0 spiro atoms. The highest BCUT2D eigenvalue weighted by Gasteiger charge is 2.27. The number of nitrogens with zero attached hydrogens (tertiary/aromatic N) is 4. The highest BCUT2D eigenvalue weighted by molar-refractivity contribution is 5.94. The summed E-state index contributed by atoms with van der Waals surface area (Å²) in [7, 11) is 1.28. The maximum atomic E-state index is 12.3.